The summed E-state index contributed by atoms with van der Waals surface area (Å²) in [5.74, 6) is 1.08. The molecule has 1 saturated carbocycles. The highest BCUT2D eigenvalue weighted by Gasteiger charge is 2.54. The Bertz CT molecular complexity index is 1260. The van der Waals surface area contributed by atoms with Gasteiger partial charge in [-0.2, -0.15) is 0 Å². The summed E-state index contributed by atoms with van der Waals surface area (Å²) in [6.45, 7) is 0.479. The molecule has 0 aliphatic heterocycles. The Balaban J connectivity index is 1.51. The summed E-state index contributed by atoms with van der Waals surface area (Å²) in [5, 5.41) is 7.81. The molecule has 7 nitrogen and oxygen atoms in total. The molecule has 0 unspecified atom stereocenters. The molecule has 1 aliphatic rings. The Hall–Kier alpha value is -3.87. The van der Waals surface area contributed by atoms with Crippen LogP contribution in [0.25, 0.3) is 16.9 Å². The molecule has 31 heavy (non-hydrogen) atoms. The van der Waals surface area contributed by atoms with E-state index in [2.05, 4.69) is 5.32 Å². The lowest BCUT2D eigenvalue weighted by atomic mass is 10.1. The Kier molecular flexibility index (Phi) is 4.58. The average molecular weight is 413 g/mol. The normalized spacial score (nSPS) is 14.4. The quantitative estimate of drug-likeness (QED) is 0.473. The molecule has 4 aromatic rings. The first-order valence-electron chi connectivity index (χ1n) is 10.2. The van der Waals surface area contributed by atoms with Crippen molar-refractivity contribution in [2.75, 3.05) is 12.8 Å². The van der Waals surface area contributed by atoms with Crippen LogP contribution in [0.1, 0.15) is 24.2 Å². The molecule has 7 heteroatoms. The molecule has 0 saturated heterocycles. The van der Waals surface area contributed by atoms with Crippen LogP contribution in [0.15, 0.2) is 66.7 Å². The van der Waals surface area contributed by atoms with Crippen molar-refractivity contribution in [3.8, 4) is 17.0 Å². The highest BCUT2D eigenvalue weighted by Crippen LogP contribution is 2.47. The van der Waals surface area contributed by atoms with E-state index in [9.17, 15) is 4.79 Å². The summed E-state index contributed by atoms with van der Waals surface area (Å²) in [4.78, 5) is 17.8. The Labute approximate surface area is 179 Å². The predicted molar refractivity (Wildman–Crippen MR) is 119 cm³/mol. The monoisotopic (exact) mass is 413 g/mol. The van der Waals surface area contributed by atoms with Crippen molar-refractivity contribution in [2.45, 2.75) is 24.8 Å². The number of nitrogens with one attached hydrogen (secondary N) is 1. The number of methoxy groups -OCH3 is 1. The van der Waals surface area contributed by atoms with E-state index in [0.29, 0.717) is 29.5 Å². The summed E-state index contributed by atoms with van der Waals surface area (Å²) < 4.78 is 7.25. The van der Waals surface area contributed by atoms with Crippen LogP contribution >= 0.6 is 0 Å². The van der Waals surface area contributed by atoms with Crippen molar-refractivity contribution in [3.05, 3.63) is 78.1 Å². The number of nitrogens with zero attached hydrogens (tertiary/aromatic N) is 3. The van der Waals surface area contributed by atoms with E-state index < -0.39 is 5.41 Å². The summed E-state index contributed by atoms with van der Waals surface area (Å²) in [6.07, 6.45) is 1.45. The van der Waals surface area contributed by atoms with Crippen molar-refractivity contribution in [2.24, 2.45) is 0 Å². The number of rotatable bonds is 6. The number of carbonyl (C=O) groups is 1. The fourth-order valence-electron chi connectivity index (χ4n) is 3.84. The Morgan fingerprint density at radius 3 is 2.65 bits per heavy atom. The van der Waals surface area contributed by atoms with Gasteiger partial charge in [-0.25, -0.2) is 9.50 Å². The second kappa shape index (κ2) is 7.43. The lowest BCUT2D eigenvalue weighted by Gasteiger charge is -2.12. The molecule has 2 heterocycles. The van der Waals surface area contributed by atoms with Gasteiger partial charge < -0.3 is 15.8 Å². The number of pyridine rings is 1. The number of nitrogens with two attached hydrogens (primary N) is 1. The van der Waals surface area contributed by atoms with E-state index >= 15 is 0 Å². The van der Waals surface area contributed by atoms with Crippen molar-refractivity contribution in [1.82, 2.24) is 19.9 Å². The summed E-state index contributed by atoms with van der Waals surface area (Å²) >= 11 is 0. The SMILES string of the molecule is COc1ccc(-c2cccc(N)c2)n2nc(C3(C(=O)NCc4ccccc4)CC3)nc12. The van der Waals surface area contributed by atoms with Crippen LogP contribution in [0.5, 0.6) is 5.75 Å². The molecular formula is C24H23N5O2. The molecule has 0 bridgehead atoms. The number of carbonyl (C=O) groups excluding carboxylic acids is 1. The lowest BCUT2D eigenvalue weighted by Crippen LogP contribution is -2.35. The molecule has 2 aromatic heterocycles. The van der Waals surface area contributed by atoms with Crippen molar-refractivity contribution < 1.29 is 9.53 Å². The van der Waals surface area contributed by atoms with E-state index in [-0.39, 0.29) is 5.91 Å². The van der Waals surface area contributed by atoms with Crippen LogP contribution in [-0.4, -0.2) is 27.6 Å². The van der Waals surface area contributed by atoms with Gasteiger partial charge in [0.2, 0.25) is 5.91 Å². The number of benzene rings is 2. The molecule has 2 aromatic carbocycles. The van der Waals surface area contributed by atoms with Gasteiger partial charge in [-0.3, -0.25) is 4.79 Å². The molecule has 0 spiro atoms. The zero-order valence-corrected chi connectivity index (χ0v) is 17.2. The van der Waals surface area contributed by atoms with Crippen LogP contribution in [-0.2, 0) is 16.8 Å². The van der Waals surface area contributed by atoms with Crippen LogP contribution in [0.4, 0.5) is 5.69 Å². The minimum Gasteiger partial charge on any atom is -0.493 e. The maximum atomic E-state index is 13.1. The van der Waals surface area contributed by atoms with Crippen molar-refractivity contribution in [1.29, 1.82) is 0 Å². The predicted octanol–water partition coefficient (Wildman–Crippen LogP) is 3.34. The molecule has 3 N–H and O–H groups in total. The second-order valence-electron chi connectivity index (χ2n) is 7.83. The van der Waals surface area contributed by atoms with Crippen molar-refractivity contribution >= 4 is 17.2 Å². The van der Waals surface area contributed by atoms with E-state index in [1.165, 1.54) is 0 Å². The maximum absolute atomic E-state index is 13.1. The molecule has 1 amide bonds. The topological polar surface area (TPSA) is 94.5 Å². The van der Waals surface area contributed by atoms with Gasteiger partial charge in [-0.05, 0) is 42.7 Å². The number of anilines is 1. The molecule has 1 fully saturated rings. The fourth-order valence-corrected chi connectivity index (χ4v) is 3.84. The van der Waals surface area contributed by atoms with Crippen LogP contribution in [0.3, 0.4) is 0 Å². The molecule has 0 radical (unpaired) electrons. The standard InChI is InChI=1S/C24H23N5O2/c1-31-20-11-10-19(17-8-5-9-18(25)14-17)29-21(20)27-22(28-29)24(12-13-24)23(30)26-15-16-6-3-2-4-7-16/h2-11,14H,12-13,15,25H2,1H3,(H,26,30). The highest BCUT2D eigenvalue weighted by atomic mass is 16.5. The third kappa shape index (κ3) is 3.38. The Morgan fingerprint density at radius 2 is 1.94 bits per heavy atom. The first kappa shape index (κ1) is 19.1. The first-order chi connectivity index (χ1) is 15.1. The van der Waals surface area contributed by atoms with Crippen LogP contribution in [0.2, 0.25) is 0 Å². The number of ether oxygens (including phenoxy) is 1. The number of aromatic nitrogens is 3. The average Bonchev–Trinajstić information content (AvgIpc) is 3.49. The number of amides is 1. The van der Waals surface area contributed by atoms with Gasteiger partial charge in [0.15, 0.2) is 17.2 Å². The van der Waals surface area contributed by atoms with Gasteiger partial charge in [0.1, 0.15) is 5.41 Å². The molecule has 156 valence electrons. The van der Waals surface area contributed by atoms with Gasteiger partial charge >= 0.3 is 0 Å². The van der Waals surface area contributed by atoms with Crippen LogP contribution < -0.4 is 15.8 Å². The van der Waals surface area contributed by atoms with Gasteiger partial charge in [-0.1, -0.05) is 42.5 Å². The Morgan fingerprint density at radius 1 is 1.13 bits per heavy atom. The second-order valence-corrected chi connectivity index (χ2v) is 7.83. The summed E-state index contributed by atoms with van der Waals surface area (Å²) in [6, 6.07) is 21.3. The first-order valence-corrected chi connectivity index (χ1v) is 10.2. The smallest absolute Gasteiger partial charge is 0.234 e. The fraction of sp³-hybridized carbons (Fsp3) is 0.208. The number of fused-ring (bicyclic) bond motifs is 1. The number of hydrogen-bond donors (Lipinski definition) is 2. The van der Waals surface area contributed by atoms with Crippen molar-refractivity contribution in [3.63, 3.8) is 0 Å². The zero-order valence-electron chi connectivity index (χ0n) is 17.2. The van der Waals surface area contributed by atoms with Gasteiger partial charge in [0.05, 0.1) is 12.8 Å². The van der Waals surface area contributed by atoms with E-state index in [1.54, 1.807) is 11.6 Å². The number of hydrogen-bond acceptors (Lipinski definition) is 5. The largest absolute Gasteiger partial charge is 0.493 e. The van der Waals surface area contributed by atoms with E-state index in [0.717, 1.165) is 29.7 Å². The van der Waals surface area contributed by atoms with Gasteiger partial charge in [-0.15, -0.1) is 5.10 Å². The van der Waals surface area contributed by atoms with Gasteiger partial charge in [0, 0.05) is 17.8 Å². The maximum Gasteiger partial charge on any atom is 0.234 e. The molecule has 1 aliphatic carbocycles. The van der Waals surface area contributed by atoms with Crippen LogP contribution in [0, 0.1) is 0 Å². The third-order valence-corrected chi connectivity index (χ3v) is 5.76. The van der Waals surface area contributed by atoms with Gasteiger partial charge in [0.25, 0.3) is 0 Å². The number of nitrogen functional groups attached to an aromatic ring is 1. The third-order valence-electron chi connectivity index (χ3n) is 5.76. The summed E-state index contributed by atoms with van der Waals surface area (Å²) in [5.41, 5.74) is 9.34. The van der Waals surface area contributed by atoms with E-state index in [1.807, 2.05) is 66.7 Å². The minimum atomic E-state index is -0.696. The molecule has 0 atom stereocenters. The minimum absolute atomic E-state index is 0.0447. The van der Waals surface area contributed by atoms with E-state index in [4.69, 9.17) is 20.6 Å². The molecular weight excluding hydrogens is 390 g/mol. The zero-order chi connectivity index (χ0) is 21.4. The summed E-state index contributed by atoms with van der Waals surface area (Å²) in [7, 11) is 1.60. The lowest BCUT2D eigenvalue weighted by molar-refractivity contribution is -0.123. The molecule has 5 rings (SSSR count). The highest BCUT2D eigenvalue weighted by molar-refractivity contribution is 5.90.